The molecule has 5 nitrogen and oxygen atoms in total. The van der Waals surface area contributed by atoms with Crippen LogP contribution in [0.2, 0.25) is 0 Å². The van der Waals surface area contributed by atoms with Crippen molar-refractivity contribution in [3.8, 4) is 0 Å². The van der Waals surface area contributed by atoms with Crippen molar-refractivity contribution >= 4 is 17.2 Å². The maximum absolute atomic E-state index is 12.5. The number of carbonyl (C=O) groups excluding carboxylic acids is 1. The van der Waals surface area contributed by atoms with Crippen LogP contribution in [0.5, 0.6) is 0 Å². The van der Waals surface area contributed by atoms with E-state index in [0.29, 0.717) is 32.2 Å². The van der Waals surface area contributed by atoms with Crippen LogP contribution >= 0.6 is 11.3 Å². The maximum Gasteiger partial charge on any atom is 0.266 e. The molecule has 2 N–H and O–H groups in total. The van der Waals surface area contributed by atoms with Crippen LogP contribution in [0.15, 0.2) is 0 Å². The van der Waals surface area contributed by atoms with Crippen LogP contribution in [0.4, 0.5) is 0 Å². The van der Waals surface area contributed by atoms with Crippen molar-refractivity contribution in [2.75, 3.05) is 26.2 Å². The molecule has 1 saturated heterocycles. The fourth-order valence-corrected chi connectivity index (χ4v) is 3.09. The fourth-order valence-electron chi connectivity index (χ4n) is 2.05. The minimum Gasteiger partial charge on any atom is -0.373 e. The number of rotatable bonds is 3. The van der Waals surface area contributed by atoms with Crippen molar-refractivity contribution < 1.29 is 9.53 Å². The quantitative estimate of drug-likeness (QED) is 0.910. The standard InChI is InChI=1S/C13H21N3O2S/c1-8(2)12-15-9(3)11(19-12)13(17)16-4-5-18-10(6-14)7-16/h8,10H,4-7,14H2,1-3H3/t10-/m1/s1. The first-order valence-electron chi connectivity index (χ1n) is 6.61. The SMILES string of the molecule is Cc1nc(C(C)C)sc1C(=O)N1CCO[C@H](CN)C1. The minimum atomic E-state index is -0.0458. The van der Waals surface area contributed by atoms with Crippen LogP contribution in [-0.4, -0.2) is 48.1 Å². The molecule has 0 radical (unpaired) electrons. The first-order valence-corrected chi connectivity index (χ1v) is 7.42. The molecule has 1 aromatic heterocycles. The average Bonchev–Trinajstić information content (AvgIpc) is 2.80. The number of thiazole rings is 1. The number of amides is 1. The molecule has 1 aliphatic heterocycles. The van der Waals surface area contributed by atoms with E-state index < -0.39 is 0 Å². The lowest BCUT2D eigenvalue weighted by Gasteiger charge is -2.32. The highest BCUT2D eigenvalue weighted by Gasteiger charge is 2.27. The third kappa shape index (κ3) is 3.13. The molecular weight excluding hydrogens is 262 g/mol. The Morgan fingerprint density at radius 3 is 2.95 bits per heavy atom. The third-order valence-corrected chi connectivity index (χ3v) is 4.64. The number of carbonyl (C=O) groups is 1. The van der Waals surface area contributed by atoms with Crippen LogP contribution in [0.25, 0.3) is 0 Å². The third-order valence-electron chi connectivity index (χ3n) is 3.19. The van der Waals surface area contributed by atoms with Gasteiger partial charge < -0.3 is 15.4 Å². The van der Waals surface area contributed by atoms with Crippen molar-refractivity contribution in [2.45, 2.75) is 32.8 Å². The highest BCUT2D eigenvalue weighted by molar-refractivity contribution is 7.13. The van der Waals surface area contributed by atoms with Gasteiger partial charge in [0.05, 0.1) is 23.4 Å². The normalized spacial score (nSPS) is 20.1. The molecule has 2 heterocycles. The zero-order valence-electron chi connectivity index (χ0n) is 11.7. The van der Waals surface area contributed by atoms with Crippen LogP contribution in [-0.2, 0) is 4.74 Å². The number of ether oxygens (including phenoxy) is 1. The zero-order chi connectivity index (χ0) is 14.0. The maximum atomic E-state index is 12.5. The number of nitrogens with zero attached hydrogens (tertiary/aromatic N) is 2. The molecule has 0 unspecified atom stereocenters. The Hall–Kier alpha value is -0.980. The van der Waals surface area contributed by atoms with E-state index in [-0.39, 0.29) is 12.0 Å². The Labute approximate surface area is 117 Å². The van der Waals surface area contributed by atoms with Gasteiger partial charge in [0.1, 0.15) is 4.88 Å². The van der Waals surface area contributed by atoms with Gasteiger partial charge in [-0.2, -0.15) is 0 Å². The Bertz CT molecular complexity index is 459. The van der Waals surface area contributed by atoms with E-state index in [2.05, 4.69) is 18.8 Å². The molecule has 1 amide bonds. The molecule has 0 aliphatic carbocycles. The Morgan fingerprint density at radius 2 is 2.37 bits per heavy atom. The summed E-state index contributed by atoms with van der Waals surface area (Å²) in [6.45, 7) is 8.28. The lowest BCUT2D eigenvalue weighted by molar-refractivity contribution is -0.0166. The second-order valence-electron chi connectivity index (χ2n) is 5.10. The monoisotopic (exact) mass is 283 g/mol. The van der Waals surface area contributed by atoms with E-state index in [1.807, 2.05) is 11.8 Å². The fraction of sp³-hybridized carbons (Fsp3) is 0.692. The summed E-state index contributed by atoms with van der Waals surface area (Å²) in [7, 11) is 0. The molecule has 0 spiro atoms. The van der Waals surface area contributed by atoms with Crippen molar-refractivity contribution in [1.82, 2.24) is 9.88 Å². The topological polar surface area (TPSA) is 68.5 Å². The first-order chi connectivity index (χ1) is 9.02. The van der Waals surface area contributed by atoms with Crippen molar-refractivity contribution in [2.24, 2.45) is 5.73 Å². The first kappa shape index (κ1) is 14.4. The molecule has 0 aromatic carbocycles. The summed E-state index contributed by atoms with van der Waals surface area (Å²) in [6.07, 6.45) is -0.0458. The average molecular weight is 283 g/mol. The summed E-state index contributed by atoms with van der Waals surface area (Å²) >= 11 is 1.50. The highest BCUT2D eigenvalue weighted by Crippen LogP contribution is 2.26. The molecule has 1 aliphatic rings. The predicted molar refractivity (Wildman–Crippen MR) is 75.6 cm³/mol. The Balaban J connectivity index is 2.14. The summed E-state index contributed by atoms with van der Waals surface area (Å²) in [6, 6.07) is 0. The van der Waals surface area contributed by atoms with E-state index in [0.717, 1.165) is 15.6 Å². The lowest BCUT2D eigenvalue weighted by Crippen LogP contribution is -2.48. The molecule has 0 bridgehead atoms. The molecule has 19 heavy (non-hydrogen) atoms. The van der Waals surface area contributed by atoms with Gasteiger partial charge in [-0.15, -0.1) is 11.3 Å². The Morgan fingerprint density at radius 1 is 1.63 bits per heavy atom. The highest BCUT2D eigenvalue weighted by atomic mass is 32.1. The molecule has 1 fully saturated rings. The molecule has 2 rings (SSSR count). The van der Waals surface area contributed by atoms with Crippen molar-refractivity contribution in [1.29, 1.82) is 0 Å². The summed E-state index contributed by atoms with van der Waals surface area (Å²) in [5, 5.41) is 1.02. The van der Waals surface area contributed by atoms with E-state index in [1.54, 1.807) is 0 Å². The van der Waals surface area contributed by atoms with Gasteiger partial charge in [-0.25, -0.2) is 4.98 Å². The second kappa shape index (κ2) is 5.98. The summed E-state index contributed by atoms with van der Waals surface area (Å²) in [5.74, 6) is 0.412. The predicted octanol–water partition coefficient (Wildman–Crippen LogP) is 1.37. The van der Waals surface area contributed by atoms with Gasteiger partial charge in [-0.05, 0) is 6.92 Å². The number of morpholine rings is 1. The van der Waals surface area contributed by atoms with Gasteiger partial charge in [0.2, 0.25) is 0 Å². The number of hydrogen-bond donors (Lipinski definition) is 1. The van der Waals surface area contributed by atoms with E-state index >= 15 is 0 Å². The lowest BCUT2D eigenvalue weighted by atomic mass is 10.2. The van der Waals surface area contributed by atoms with Gasteiger partial charge in [-0.3, -0.25) is 4.79 Å². The van der Waals surface area contributed by atoms with Crippen LogP contribution in [0, 0.1) is 6.92 Å². The molecular formula is C13H21N3O2S. The number of hydrogen-bond acceptors (Lipinski definition) is 5. The van der Waals surface area contributed by atoms with Gasteiger partial charge in [0, 0.05) is 25.6 Å². The summed E-state index contributed by atoms with van der Waals surface area (Å²) < 4.78 is 5.49. The van der Waals surface area contributed by atoms with Gasteiger partial charge >= 0.3 is 0 Å². The van der Waals surface area contributed by atoms with E-state index in [4.69, 9.17) is 10.5 Å². The number of aromatic nitrogens is 1. The molecule has 6 heteroatoms. The van der Waals surface area contributed by atoms with Crippen LogP contribution in [0.1, 0.15) is 40.1 Å². The smallest absolute Gasteiger partial charge is 0.266 e. The zero-order valence-corrected chi connectivity index (χ0v) is 12.5. The van der Waals surface area contributed by atoms with Crippen molar-refractivity contribution in [3.05, 3.63) is 15.6 Å². The van der Waals surface area contributed by atoms with Gasteiger partial charge in [0.25, 0.3) is 5.91 Å². The summed E-state index contributed by atoms with van der Waals surface area (Å²) in [5.41, 5.74) is 6.43. The van der Waals surface area contributed by atoms with Gasteiger partial charge in [-0.1, -0.05) is 13.8 Å². The number of nitrogens with two attached hydrogens (primary N) is 1. The largest absolute Gasteiger partial charge is 0.373 e. The van der Waals surface area contributed by atoms with Gasteiger partial charge in [0.15, 0.2) is 0 Å². The molecule has 1 aromatic rings. The number of aryl methyl sites for hydroxylation is 1. The Kier molecular flexibility index (Phi) is 4.54. The molecule has 1 atom stereocenters. The molecule has 106 valence electrons. The second-order valence-corrected chi connectivity index (χ2v) is 6.13. The van der Waals surface area contributed by atoms with Crippen molar-refractivity contribution in [3.63, 3.8) is 0 Å². The molecule has 0 saturated carbocycles. The summed E-state index contributed by atoms with van der Waals surface area (Å²) in [4.78, 5) is 19.6. The van der Waals surface area contributed by atoms with Crippen LogP contribution < -0.4 is 5.73 Å². The van der Waals surface area contributed by atoms with Crippen LogP contribution in [0.3, 0.4) is 0 Å². The minimum absolute atomic E-state index is 0.0458. The van der Waals surface area contributed by atoms with E-state index in [9.17, 15) is 4.79 Å². The van der Waals surface area contributed by atoms with E-state index in [1.165, 1.54) is 11.3 Å².